The van der Waals surface area contributed by atoms with Crippen LogP contribution in [0.1, 0.15) is 75.2 Å². The predicted octanol–water partition coefficient (Wildman–Crippen LogP) is 5.49. The maximum atomic E-state index is 13.2. The summed E-state index contributed by atoms with van der Waals surface area (Å²) in [6, 6.07) is 8.58. The van der Waals surface area contributed by atoms with Gasteiger partial charge in [-0.1, -0.05) is 32.1 Å². The Hall–Kier alpha value is -2.92. The molecule has 7 nitrogen and oxygen atoms in total. The van der Waals surface area contributed by atoms with Gasteiger partial charge in [0.05, 0.1) is 10.5 Å². The molecule has 208 valence electrons. The molecule has 2 amide bonds. The van der Waals surface area contributed by atoms with Crippen molar-refractivity contribution in [1.82, 2.24) is 10.0 Å². The SMILES string of the molecule is CC(C)(C)NS(=O)(=O)c1ccc(NC(=O)C(CC2CCCCC2)NC(=O)c2ccc(C(F)(F)F)cc2)cc1. The molecule has 1 aliphatic carbocycles. The number of hydrogen-bond acceptors (Lipinski definition) is 4. The van der Waals surface area contributed by atoms with E-state index >= 15 is 0 Å². The van der Waals surface area contributed by atoms with Gasteiger partial charge in [-0.05, 0) is 81.6 Å². The lowest BCUT2D eigenvalue weighted by molar-refractivity contribution is -0.137. The third kappa shape index (κ3) is 8.56. The van der Waals surface area contributed by atoms with Gasteiger partial charge >= 0.3 is 6.18 Å². The minimum Gasteiger partial charge on any atom is -0.340 e. The zero-order valence-corrected chi connectivity index (χ0v) is 22.5. The molecule has 0 spiro atoms. The van der Waals surface area contributed by atoms with E-state index in [4.69, 9.17) is 0 Å². The van der Waals surface area contributed by atoms with E-state index in [0.717, 1.165) is 56.4 Å². The van der Waals surface area contributed by atoms with Gasteiger partial charge in [0, 0.05) is 16.8 Å². The van der Waals surface area contributed by atoms with Crippen LogP contribution >= 0.6 is 0 Å². The van der Waals surface area contributed by atoms with E-state index in [1.807, 2.05) is 0 Å². The number of alkyl halides is 3. The Morgan fingerprint density at radius 2 is 1.50 bits per heavy atom. The molecule has 2 aromatic rings. The molecule has 38 heavy (non-hydrogen) atoms. The molecule has 0 radical (unpaired) electrons. The first-order valence-corrected chi connectivity index (χ1v) is 14.1. The second-order valence-corrected chi connectivity index (χ2v) is 12.4. The van der Waals surface area contributed by atoms with E-state index in [2.05, 4.69) is 15.4 Å². The van der Waals surface area contributed by atoms with Crippen LogP contribution in [0.25, 0.3) is 0 Å². The summed E-state index contributed by atoms with van der Waals surface area (Å²) in [5.41, 5.74) is -1.17. The van der Waals surface area contributed by atoms with Crippen molar-refractivity contribution in [3.8, 4) is 0 Å². The van der Waals surface area contributed by atoms with Gasteiger partial charge in [-0.25, -0.2) is 13.1 Å². The smallest absolute Gasteiger partial charge is 0.340 e. The number of benzene rings is 2. The lowest BCUT2D eigenvalue weighted by Gasteiger charge is -2.26. The van der Waals surface area contributed by atoms with E-state index in [1.54, 1.807) is 20.8 Å². The summed E-state index contributed by atoms with van der Waals surface area (Å²) >= 11 is 0. The molecule has 0 aromatic heterocycles. The lowest BCUT2D eigenvalue weighted by Crippen LogP contribution is -2.45. The number of sulfonamides is 1. The Morgan fingerprint density at radius 3 is 2.03 bits per heavy atom. The first-order chi connectivity index (χ1) is 17.6. The Balaban J connectivity index is 1.74. The summed E-state index contributed by atoms with van der Waals surface area (Å²) in [6.07, 6.45) is 0.899. The number of carbonyl (C=O) groups is 2. The van der Waals surface area contributed by atoms with Crippen molar-refractivity contribution in [2.45, 2.75) is 81.9 Å². The van der Waals surface area contributed by atoms with Crippen LogP contribution in [-0.2, 0) is 21.0 Å². The van der Waals surface area contributed by atoms with Crippen LogP contribution in [0.15, 0.2) is 53.4 Å². The molecule has 11 heteroatoms. The molecule has 1 atom stereocenters. The van der Waals surface area contributed by atoms with Gasteiger partial charge in [0.1, 0.15) is 6.04 Å². The van der Waals surface area contributed by atoms with Crippen LogP contribution in [-0.4, -0.2) is 31.8 Å². The Morgan fingerprint density at radius 1 is 0.921 bits per heavy atom. The number of nitrogens with one attached hydrogen (secondary N) is 3. The average Bonchev–Trinajstić information content (AvgIpc) is 2.82. The lowest BCUT2D eigenvalue weighted by atomic mass is 9.84. The van der Waals surface area contributed by atoms with Gasteiger partial charge in [0.25, 0.3) is 5.91 Å². The highest BCUT2D eigenvalue weighted by Gasteiger charge is 2.31. The Bertz CT molecular complexity index is 1220. The average molecular weight is 554 g/mol. The number of carbonyl (C=O) groups excluding carboxylic acids is 2. The molecule has 1 saturated carbocycles. The molecule has 0 aliphatic heterocycles. The van der Waals surface area contributed by atoms with Crippen molar-refractivity contribution in [1.29, 1.82) is 0 Å². The number of rotatable bonds is 8. The highest BCUT2D eigenvalue weighted by atomic mass is 32.2. The maximum absolute atomic E-state index is 13.2. The summed E-state index contributed by atoms with van der Waals surface area (Å²) in [5.74, 6) is -0.910. The van der Waals surface area contributed by atoms with Crippen molar-refractivity contribution >= 4 is 27.5 Å². The minimum absolute atomic E-state index is 0.0142. The first-order valence-electron chi connectivity index (χ1n) is 12.6. The molecular weight excluding hydrogens is 519 g/mol. The van der Waals surface area contributed by atoms with E-state index in [0.29, 0.717) is 12.1 Å². The highest BCUT2D eigenvalue weighted by Crippen LogP contribution is 2.30. The molecule has 2 aromatic carbocycles. The van der Waals surface area contributed by atoms with Gasteiger partial charge in [0.2, 0.25) is 15.9 Å². The van der Waals surface area contributed by atoms with E-state index in [-0.39, 0.29) is 16.4 Å². The largest absolute Gasteiger partial charge is 0.416 e. The van der Waals surface area contributed by atoms with Crippen LogP contribution < -0.4 is 15.4 Å². The number of halogens is 3. The predicted molar refractivity (Wildman–Crippen MR) is 139 cm³/mol. The fraction of sp³-hybridized carbons (Fsp3) is 0.481. The van der Waals surface area contributed by atoms with E-state index in [1.165, 1.54) is 24.3 Å². The molecule has 1 unspecified atom stereocenters. The Kier molecular flexibility index (Phi) is 9.25. The highest BCUT2D eigenvalue weighted by molar-refractivity contribution is 7.89. The van der Waals surface area contributed by atoms with Crippen molar-refractivity contribution in [3.63, 3.8) is 0 Å². The maximum Gasteiger partial charge on any atom is 0.416 e. The molecular formula is C27H34F3N3O4S. The summed E-state index contributed by atoms with van der Waals surface area (Å²) in [4.78, 5) is 26.1. The standard InChI is InChI=1S/C27H34F3N3O4S/c1-26(2,3)33-38(36,37)22-15-13-21(14-16-22)31-25(35)23(17-18-7-5-4-6-8-18)32-24(34)19-9-11-20(12-10-19)27(28,29)30/h9-16,18,23,33H,4-8,17H2,1-3H3,(H,31,35)(H,32,34). The van der Waals surface area contributed by atoms with Crippen LogP contribution in [0.5, 0.6) is 0 Å². The molecule has 3 rings (SSSR count). The van der Waals surface area contributed by atoms with Crippen LogP contribution in [0.2, 0.25) is 0 Å². The van der Waals surface area contributed by atoms with Crippen molar-refractivity contribution in [2.24, 2.45) is 5.92 Å². The first kappa shape index (κ1) is 29.6. The molecule has 0 bridgehead atoms. The van der Waals surface area contributed by atoms with E-state index < -0.39 is 45.2 Å². The second kappa shape index (κ2) is 11.9. The van der Waals surface area contributed by atoms with Gasteiger partial charge in [-0.15, -0.1) is 0 Å². The fourth-order valence-corrected chi connectivity index (χ4v) is 5.87. The zero-order valence-electron chi connectivity index (χ0n) is 21.7. The van der Waals surface area contributed by atoms with Gasteiger partial charge in [-0.3, -0.25) is 9.59 Å². The molecule has 0 heterocycles. The summed E-state index contributed by atoms with van der Waals surface area (Å²) < 4.78 is 66.3. The molecule has 1 fully saturated rings. The van der Waals surface area contributed by atoms with Crippen molar-refractivity contribution < 1.29 is 31.2 Å². The van der Waals surface area contributed by atoms with Crippen molar-refractivity contribution in [3.05, 3.63) is 59.7 Å². The number of anilines is 1. The normalized spacial score (nSPS) is 16.1. The van der Waals surface area contributed by atoms with Gasteiger partial charge in [0.15, 0.2) is 0 Å². The van der Waals surface area contributed by atoms with Gasteiger partial charge in [-0.2, -0.15) is 13.2 Å². The summed E-state index contributed by atoms with van der Waals surface area (Å²) in [5, 5.41) is 5.41. The molecule has 3 N–H and O–H groups in total. The fourth-order valence-electron chi connectivity index (χ4n) is 4.45. The van der Waals surface area contributed by atoms with Gasteiger partial charge < -0.3 is 10.6 Å². The minimum atomic E-state index is -4.52. The van der Waals surface area contributed by atoms with E-state index in [9.17, 15) is 31.2 Å². The quantitative estimate of drug-likeness (QED) is 0.402. The number of amides is 2. The monoisotopic (exact) mass is 553 g/mol. The molecule has 0 saturated heterocycles. The molecule has 1 aliphatic rings. The van der Waals surface area contributed by atoms with Crippen LogP contribution in [0.3, 0.4) is 0 Å². The zero-order chi connectivity index (χ0) is 28.1. The second-order valence-electron chi connectivity index (χ2n) is 10.7. The topological polar surface area (TPSA) is 104 Å². The van der Waals surface area contributed by atoms with Crippen LogP contribution in [0, 0.1) is 5.92 Å². The summed E-state index contributed by atoms with van der Waals surface area (Å²) in [7, 11) is -3.75. The Labute approximate surface area is 221 Å². The third-order valence-corrected chi connectivity index (χ3v) is 8.04. The number of hydrogen-bond donors (Lipinski definition) is 3. The third-order valence-electron chi connectivity index (χ3n) is 6.26. The van der Waals surface area contributed by atoms with Crippen LogP contribution in [0.4, 0.5) is 18.9 Å². The summed E-state index contributed by atoms with van der Waals surface area (Å²) in [6.45, 7) is 5.18. The van der Waals surface area contributed by atoms with Crippen molar-refractivity contribution in [2.75, 3.05) is 5.32 Å².